The highest BCUT2D eigenvalue weighted by Crippen LogP contribution is 2.14. The van der Waals surface area contributed by atoms with Crippen LogP contribution in [0.3, 0.4) is 0 Å². The van der Waals surface area contributed by atoms with Gasteiger partial charge in [0, 0.05) is 32.1 Å². The molecule has 2 rings (SSSR count). The number of ether oxygens (including phenoxy) is 1. The molecular weight excluding hydrogens is 240 g/mol. The van der Waals surface area contributed by atoms with E-state index in [0.717, 1.165) is 31.1 Å². The first-order valence-electron chi connectivity index (χ1n) is 6.26. The topological polar surface area (TPSA) is 59.1 Å². The van der Waals surface area contributed by atoms with Gasteiger partial charge in [0.15, 0.2) is 0 Å². The third-order valence-corrected chi connectivity index (χ3v) is 2.51. The van der Waals surface area contributed by atoms with Crippen LogP contribution in [0.2, 0.25) is 0 Å². The first kappa shape index (κ1) is 13.3. The summed E-state index contributed by atoms with van der Waals surface area (Å²) < 4.78 is 4.99. The largest absolute Gasteiger partial charge is 0.385 e. The number of aromatic nitrogens is 2. The lowest BCUT2D eigenvalue weighted by Gasteiger charge is -2.08. The summed E-state index contributed by atoms with van der Waals surface area (Å²) in [6.45, 7) is 1.53. The van der Waals surface area contributed by atoms with Crippen LogP contribution in [0.25, 0.3) is 0 Å². The molecule has 0 unspecified atom stereocenters. The lowest BCUT2D eigenvalue weighted by Crippen LogP contribution is -2.08. The fourth-order valence-corrected chi connectivity index (χ4v) is 1.60. The van der Waals surface area contributed by atoms with E-state index in [9.17, 15) is 0 Å². The molecule has 0 aliphatic heterocycles. The Labute approximate surface area is 113 Å². The quantitative estimate of drug-likeness (QED) is 0.748. The van der Waals surface area contributed by atoms with E-state index in [4.69, 9.17) is 4.74 Å². The molecule has 2 N–H and O–H groups in total. The molecule has 0 bridgehead atoms. The summed E-state index contributed by atoms with van der Waals surface area (Å²) in [6, 6.07) is 11.8. The average Bonchev–Trinajstić information content (AvgIpc) is 2.45. The van der Waals surface area contributed by atoms with E-state index in [-0.39, 0.29) is 0 Å². The number of para-hydroxylation sites is 1. The maximum atomic E-state index is 4.99. The summed E-state index contributed by atoms with van der Waals surface area (Å²) >= 11 is 0. The van der Waals surface area contributed by atoms with Crippen molar-refractivity contribution >= 4 is 17.5 Å². The molecule has 5 heteroatoms. The van der Waals surface area contributed by atoms with Crippen LogP contribution in [-0.2, 0) is 4.74 Å². The van der Waals surface area contributed by atoms with Crippen molar-refractivity contribution in [2.75, 3.05) is 30.9 Å². The summed E-state index contributed by atoms with van der Waals surface area (Å²) in [6.07, 6.45) is 2.66. The van der Waals surface area contributed by atoms with Crippen LogP contribution in [-0.4, -0.2) is 30.2 Å². The Bertz CT molecular complexity index is 490. The van der Waals surface area contributed by atoms with Gasteiger partial charge in [0.1, 0.15) is 5.82 Å². The van der Waals surface area contributed by atoms with E-state index in [2.05, 4.69) is 20.6 Å². The summed E-state index contributed by atoms with van der Waals surface area (Å²) in [5.74, 6) is 1.40. The standard InChI is InChI=1S/C14H18N4O/c1-19-11-5-9-15-14-16-10-8-13(18-14)17-12-6-3-2-4-7-12/h2-4,6-8,10H,5,9,11H2,1H3,(H2,15,16,17,18). The number of benzene rings is 1. The number of anilines is 3. The molecule has 0 spiro atoms. The van der Waals surface area contributed by atoms with Crippen molar-refractivity contribution in [3.05, 3.63) is 42.6 Å². The lowest BCUT2D eigenvalue weighted by molar-refractivity contribution is 0.197. The molecule has 1 aromatic carbocycles. The highest BCUT2D eigenvalue weighted by Gasteiger charge is 1.99. The van der Waals surface area contributed by atoms with E-state index in [1.54, 1.807) is 13.3 Å². The van der Waals surface area contributed by atoms with Crippen LogP contribution in [0.4, 0.5) is 17.5 Å². The predicted molar refractivity (Wildman–Crippen MR) is 76.7 cm³/mol. The number of hydrogen-bond acceptors (Lipinski definition) is 5. The molecule has 1 heterocycles. The number of hydrogen-bond donors (Lipinski definition) is 2. The Hall–Kier alpha value is -2.14. The fraction of sp³-hybridized carbons (Fsp3) is 0.286. The summed E-state index contributed by atoms with van der Waals surface area (Å²) in [5.41, 5.74) is 1.01. The molecule has 0 radical (unpaired) electrons. The van der Waals surface area contributed by atoms with Crippen molar-refractivity contribution in [2.24, 2.45) is 0 Å². The Morgan fingerprint density at radius 2 is 2.00 bits per heavy atom. The molecule has 0 atom stereocenters. The van der Waals surface area contributed by atoms with Crippen molar-refractivity contribution in [1.82, 2.24) is 9.97 Å². The molecular formula is C14H18N4O. The van der Waals surface area contributed by atoms with E-state index in [1.807, 2.05) is 36.4 Å². The molecule has 0 saturated heterocycles. The van der Waals surface area contributed by atoms with Crippen molar-refractivity contribution in [3.8, 4) is 0 Å². The van der Waals surface area contributed by atoms with Gasteiger partial charge in [-0.25, -0.2) is 4.98 Å². The van der Waals surface area contributed by atoms with Crippen LogP contribution in [0, 0.1) is 0 Å². The van der Waals surface area contributed by atoms with Crippen molar-refractivity contribution in [2.45, 2.75) is 6.42 Å². The molecule has 5 nitrogen and oxygen atoms in total. The minimum atomic E-state index is 0.622. The normalized spacial score (nSPS) is 10.2. The molecule has 0 aliphatic rings. The number of nitrogens with zero attached hydrogens (tertiary/aromatic N) is 2. The Morgan fingerprint density at radius 1 is 1.16 bits per heavy atom. The Morgan fingerprint density at radius 3 is 2.79 bits per heavy atom. The van der Waals surface area contributed by atoms with Crippen molar-refractivity contribution in [3.63, 3.8) is 0 Å². The highest BCUT2D eigenvalue weighted by molar-refractivity contribution is 5.56. The highest BCUT2D eigenvalue weighted by atomic mass is 16.5. The van der Waals surface area contributed by atoms with Gasteiger partial charge in [-0.05, 0) is 24.6 Å². The minimum Gasteiger partial charge on any atom is -0.385 e. The fourth-order valence-electron chi connectivity index (χ4n) is 1.60. The van der Waals surface area contributed by atoms with Crippen molar-refractivity contribution in [1.29, 1.82) is 0 Å². The van der Waals surface area contributed by atoms with Gasteiger partial charge in [0.05, 0.1) is 0 Å². The second-order valence-electron chi connectivity index (χ2n) is 4.03. The maximum absolute atomic E-state index is 4.99. The first-order valence-corrected chi connectivity index (χ1v) is 6.26. The van der Waals surface area contributed by atoms with Gasteiger partial charge in [-0.15, -0.1) is 0 Å². The van der Waals surface area contributed by atoms with Gasteiger partial charge in [0.2, 0.25) is 5.95 Å². The van der Waals surface area contributed by atoms with E-state index in [1.165, 1.54) is 0 Å². The average molecular weight is 258 g/mol. The Balaban J connectivity index is 1.91. The van der Waals surface area contributed by atoms with Crippen molar-refractivity contribution < 1.29 is 4.74 Å². The second-order valence-corrected chi connectivity index (χ2v) is 4.03. The van der Waals surface area contributed by atoms with Crippen LogP contribution in [0.15, 0.2) is 42.6 Å². The molecule has 0 amide bonds. The third-order valence-electron chi connectivity index (χ3n) is 2.51. The lowest BCUT2D eigenvalue weighted by atomic mass is 10.3. The third kappa shape index (κ3) is 4.56. The van der Waals surface area contributed by atoms with Gasteiger partial charge in [0.25, 0.3) is 0 Å². The zero-order chi connectivity index (χ0) is 13.3. The maximum Gasteiger partial charge on any atom is 0.224 e. The SMILES string of the molecule is COCCCNc1nccc(Nc2ccccc2)n1. The smallest absolute Gasteiger partial charge is 0.224 e. The minimum absolute atomic E-state index is 0.622. The monoisotopic (exact) mass is 258 g/mol. The summed E-state index contributed by atoms with van der Waals surface area (Å²) in [5, 5.41) is 6.39. The predicted octanol–water partition coefficient (Wildman–Crippen LogP) is 2.67. The molecule has 19 heavy (non-hydrogen) atoms. The van der Waals surface area contributed by atoms with E-state index < -0.39 is 0 Å². The number of methoxy groups -OCH3 is 1. The van der Waals surface area contributed by atoms with E-state index in [0.29, 0.717) is 5.95 Å². The van der Waals surface area contributed by atoms with Crippen LogP contribution in [0.1, 0.15) is 6.42 Å². The van der Waals surface area contributed by atoms with E-state index >= 15 is 0 Å². The molecule has 0 fully saturated rings. The Kier molecular flexibility index (Phi) is 5.13. The molecule has 0 aliphatic carbocycles. The van der Waals surface area contributed by atoms with Crippen LogP contribution in [0.5, 0.6) is 0 Å². The zero-order valence-electron chi connectivity index (χ0n) is 11.0. The molecule has 0 saturated carbocycles. The van der Waals surface area contributed by atoms with Gasteiger partial charge in [-0.2, -0.15) is 4.98 Å². The molecule has 1 aromatic heterocycles. The summed E-state index contributed by atoms with van der Waals surface area (Å²) in [7, 11) is 1.70. The van der Waals surface area contributed by atoms with Crippen LogP contribution < -0.4 is 10.6 Å². The van der Waals surface area contributed by atoms with Gasteiger partial charge >= 0.3 is 0 Å². The van der Waals surface area contributed by atoms with Crippen LogP contribution >= 0.6 is 0 Å². The number of rotatable bonds is 7. The van der Waals surface area contributed by atoms with Gasteiger partial charge < -0.3 is 15.4 Å². The summed E-state index contributed by atoms with van der Waals surface area (Å²) in [4.78, 5) is 8.57. The molecule has 100 valence electrons. The zero-order valence-corrected chi connectivity index (χ0v) is 11.0. The number of nitrogens with one attached hydrogen (secondary N) is 2. The van der Waals surface area contributed by atoms with Gasteiger partial charge in [-0.1, -0.05) is 18.2 Å². The second kappa shape index (κ2) is 7.33. The first-order chi connectivity index (χ1) is 9.38. The molecule has 2 aromatic rings. The van der Waals surface area contributed by atoms with Gasteiger partial charge in [-0.3, -0.25) is 0 Å².